The molecule has 0 spiro atoms. The van der Waals surface area contributed by atoms with Gasteiger partial charge in [-0.15, -0.1) is 0 Å². The summed E-state index contributed by atoms with van der Waals surface area (Å²) in [6.45, 7) is 1.91. The van der Waals surface area contributed by atoms with Gasteiger partial charge in [0.05, 0.1) is 4.92 Å². The second-order valence-corrected chi connectivity index (χ2v) is 6.17. The van der Waals surface area contributed by atoms with Crippen LogP contribution in [0.1, 0.15) is 5.56 Å². The highest BCUT2D eigenvalue weighted by molar-refractivity contribution is 5.96. The van der Waals surface area contributed by atoms with Gasteiger partial charge in [0.25, 0.3) is 0 Å². The van der Waals surface area contributed by atoms with Gasteiger partial charge in [-0.1, -0.05) is 36.4 Å². The van der Waals surface area contributed by atoms with Crippen molar-refractivity contribution in [3.63, 3.8) is 0 Å². The molecule has 28 heavy (non-hydrogen) atoms. The molecule has 2 heterocycles. The number of hydrogen-bond donors (Lipinski definition) is 2. The largest absolute Gasteiger partial charge is 0.353 e. The first kappa shape index (κ1) is 17.3. The Labute approximate surface area is 160 Å². The van der Waals surface area contributed by atoms with Crippen LogP contribution < -0.4 is 10.6 Å². The van der Waals surface area contributed by atoms with Gasteiger partial charge in [0.2, 0.25) is 11.6 Å². The molecule has 0 saturated carbocycles. The van der Waals surface area contributed by atoms with Gasteiger partial charge in [0.15, 0.2) is 0 Å². The number of nitro groups is 1. The van der Waals surface area contributed by atoms with E-state index < -0.39 is 4.92 Å². The molecule has 138 valence electrons. The van der Waals surface area contributed by atoms with Gasteiger partial charge in [-0.05, 0) is 36.1 Å². The van der Waals surface area contributed by atoms with Gasteiger partial charge in [-0.3, -0.25) is 10.1 Å². The van der Waals surface area contributed by atoms with Crippen LogP contribution in [0, 0.1) is 17.0 Å². The van der Waals surface area contributed by atoms with Gasteiger partial charge in [-0.2, -0.15) is 0 Å². The van der Waals surface area contributed by atoms with Crippen LogP contribution in [0.2, 0.25) is 0 Å². The van der Waals surface area contributed by atoms with E-state index in [0.29, 0.717) is 5.82 Å². The van der Waals surface area contributed by atoms with Crippen molar-refractivity contribution >= 4 is 39.6 Å². The molecular formula is C20H16N6O2. The van der Waals surface area contributed by atoms with Crippen molar-refractivity contribution in [3.05, 3.63) is 82.8 Å². The quantitative estimate of drug-likeness (QED) is 0.385. The second-order valence-electron chi connectivity index (χ2n) is 6.17. The lowest BCUT2D eigenvalue weighted by Crippen LogP contribution is -2.06. The highest BCUT2D eigenvalue weighted by Gasteiger charge is 2.24. The van der Waals surface area contributed by atoms with Crippen molar-refractivity contribution in [1.82, 2.24) is 15.0 Å². The van der Waals surface area contributed by atoms with Crippen LogP contribution in [-0.4, -0.2) is 19.9 Å². The smallest absolute Gasteiger partial charge is 0.334 e. The molecule has 2 aromatic heterocycles. The molecule has 0 aliphatic rings. The molecule has 0 aliphatic carbocycles. The van der Waals surface area contributed by atoms with E-state index in [2.05, 4.69) is 25.6 Å². The zero-order chi connectivity index (χ0) is 19.5. The minimum Gasteiger partial charge on any atom is -0.334 e. The summed E-state index contributed by atoms with van der Waals surface area (Å²) in [4.78, 5) is 23.6. The van der Waals surface area contributed by atoms with Crippen LogP contribution in [0.15, 0.2) is 67.1 Å². The maximum Gasteiger partial charge on any atom is 0.353 e. The Balaban J connectivity index is 1.76. The molecule has 0 saturated heterocycles. The third kappa shape index (κ3) is 3.43. The van der Waals surface area contributed by atoms with Gasteiger partial charge in [0.1, 0.15) is 12.1 Å². The Morgan fingerprint density at radius 3 is 2.46 bits per heavy atom. The van der Waals surface area contributed by atoms with Crippen molar-refractivity contribution in [3.8, 4) is 0 Å². The van der Waals surface area contributed by atoms with Crippen molar-refractivity contribution in [2.45, 2.75) is 6.92 Å². The molecule has 4 aromatic rings. The fourth-order valence-electron chi connectivity index (χ4n) is 2.92. The summed E-state index contributed by atoms with van der Waals surface area (Å²) in [5, 5.41) is 19.7. The van der Waals surface area contributed by atoms with Gasteiger partial charge in [0, 0.05) is 17.3 Å². The van der Waals surface area contributed by atoms with Crippen molar-refractivity contribution in [1.29, 1.82) is 0 Å². The lowest BCUT2D eigenvalue weighted by Gasteiger charge is -2.11. The molecular weight excluding hydrogens is 356 g/mol. The Hall–Kier alpha value is -4.07. The van der Waals surface area contributed by atoms with Crippen LogP contribution in [0.25, 0.3) is 10.8 Å². The monoisotopic (exact) mass is 372 g/mol. The summed E-state index contributed by atoms with van der Waals surface area (Å²) < 4.78 is 0. The van der Waals surface area contributed by atoms with Crippen molar-refractivity contribution in [2.24, 2.45) is 0 Å². The normalized spacial score (nSPS) is 10.6. The Morgan fingerprint density at radius 1 is 0.929 bits per heavy atom. The number of nitrogens with zero attached hydrogens (tertiary/aromatic N) is 4. The maximum absolute atomic E-state index is 11.8. The summed E-state index contributed by atoms with van der Waals surface area (Å²) in [6, 6.07) is 17.1. The summed E-state index contributed by atoms with van der Waals surface area (Å²) in [5.74, 6) is 0.644. The molecule has 2 N–H and O–H groups in total. The van der Waals surface area contributed by atoms with Crippen LogP contribution >= 0.6 is 0 Å². The molecule has 8 heteroatoms. The molecule has 8 nitrogen and oxygen atoms in total. The number of fused-ring (bicyclic) bond motifs is 1. The predicted molar refractivity (Wildman–Crippen MR) is 108 cm³/mol. The van der Waals surface area contributed by atoms with Crippen molar-refractivity contribution in [2.75, 3.05) is 10.6 Å². The molecule has 0 radical (unpaired) electrons. The number of rotatable bonds is 5. The fourth-order valence-corrected chi connectivity index (χ4v) is 2.92. The van der Waals surface area contributed by atoms with Gasteiger partial charge in [-0.25, -0.2) is 15.0 Å². The number of aryl methyl sites for hydroxylation is 1. The van der Waals surface area contributed by atoms with E-state index in [9.17, 15) is 10.1 Å². The molecule has 0 amide bonds. The molecule has 0 aliphatic heterocycles. The minimum atomic E-state index is -0.508. The SMILES string of the molecule is Cc1ccnc(Nc2ncnc(Nc3cccc4ccccc34)c2[N+](=O)[O-])c1. The maximum atomic E-state index is 11.8. The highest BCUT2D eigenvalue weighted by Crippen LogP contribution is 2.34. The average Bonchev–Trinajstić information content (AvgIpc) is 2.68. The Morgan fingerprint density at radius 2 is 1.68 bits per heavy atom. The first-order valence-corrected chi connectivity index (χ1v) is 8.55. The zero-order valence-corrected chi connectivity index (χ0v) is 15.0. The number of benzene rings is 2. The van der Waals surface area contributed by atoms with Crippen molar-refractivity contribution < 1.29 is 4.92 Å². The standard InChI is InChI=1S/C20H16N6O2/c1-13-9-10-21-17(11-13)25-20-18(26(27)28)19(22-12-23-20)24-16-8-4-6-14-5-2-3-7-15(14)16/h2-12H,1H3,(H2,21,22,23,24,25). The van der Waals surface area contributed by atoms with E-state index in [-0.39, 0.29) is 17.3 Å². The van der Waals surface area contributed by atoms with E-state index in [1.54, 1.807) is 12.3 Å². The van der Waals surface area contributed by atoms with E-state index in [4.69, 9.17) is 0 Å². The highest BCUT2D eigenvalue weighted by atomic mass is 16.6. The molecule has 2 aromatic carbocycles. The minimum absolute atomic E-state index is 0.0702. The first-order chi connectivity index (χ1) is 13.6. The van der Waals surface area contributed by atoms with Crippen LogP contribution in [-0.2, 0) is 0 Å². The van der Waals surface area contributed by atoms with Crippen LogP contribution in [0.3, 0.4) is 0 Å². The molecule has 0 atom stereocenters. The topological polar surface area (TPSA) is 106 Å². The summed E-state index contributed by atoms with van der Waals surface area (Å²) in [5.41, 5.74) is 1.45. The Bertz CT molecular complexity index is 1170. The lowest BCUT2D eigenvalue weighted by molar-refractivity contribution is -0.383. The van der Waals surface area contributed by atoms with E-state index >= 15 is 0 Å². The Kier molecular flexibility index (Phi) is 4.51. The average molecular weight is 372 g/mol. The van der Waals surface area contributed by atoms with E-state index in [1.165, 1.54) is 6.33 Å². The molecule has 0 unspecified atom stereocenters. The second kappa shape index (κ2) is 7.28. The zero-order valence-electron chi connectivity index (χ0n) is 15.0. The van der Waals surface area contributed by atoms with Gasteiger partial charge < -0.3 is 10.6 Å². The summed E-state index contributed by atoms with van der Waals surface area (Å²) >= 11 is 0. The van der Waals surface area contributed by atoms with E-state index in [0.717, 1.165) is 22.0 Å². The third-order valence-electron chi connectivity index (χ3n) is 4.21. The third-order valence-corrected chi connectivity index (χ3v) is 4.21. The first-order valence-electron chi connectivity index (χ1n) is 8.55. The molecule has 0 bridgehead atoms. The predicted octanol–water partition coefficient (Wildman–Crippen LogP) is 4.73. The number of hydrogen-bond acceptors (Lipinski definition) is 7. The van der Waals surface area contributed by atoms with Gasteiger partial charge >= 0.3 is 5.69 Å². The molecule has 0 fully saturated rings. The number of anilines is 4. The number of pyridine rings is 1. The van der Waals surface area contributed by atoms with E-state index in [1.807, 2.05) is 55.5 Å². The number of nitrogens with one attached hydrogen (secondary N) is 2. The van der Waals surface area contributed by atoms with Crippen LogP contribution in [0.5, 0.6) is 0 Å². The fraction of sp³-hybridized carbons (Fsp3) is 0.0500. The molecule has 4 rings (SSSR count). The summed E-state index contributed by atoms with van der Waals surface area (Å²) in [6.07, 6.45) is 2.90. The van der Waals surface area contributed by atoms with Crippen LogP contribution in [0.4, 0.5) is 28.8 Å². The number of aromatic nitrogens is 3. The summed E-state index contributed by atoms with van der Waals surface area (Å²) in [7, 11) is 0. The lowest BCUT2D eigenvalue weighted by atomic mass is 10.1.